The average molecular weight is 291 g/mol. The van der Waals surface area contributed by atoms with Crippen LogP contribution in [0.2, 0.25) is 0 Å². The van der Waals surface area contributed by atoms with Gasteiger partial charge in [-0.25, -0.2) is 0 Å². The Hall–Kier alpha value is -1.61. The summed E-state index contributed by atoms with van der Waals surface area (Å²) in [5, 5.41) is 9.57. The van der Waals surface area contributed by atoms with E-state index in [2.05, 4.69) is 15.9 Å². The molecule has 0 aliphatic heterocycles. The maximum Gasteiger partial charge on any atom is 0.170 e. The molecule has 0 aromatic heterocycles. The van der Waals surface area contributed by atoms with Gasteiger partial charge in [-0.1, -0.05) is 40.2 Å². The first kappa shape index (κ1) is 11.9. The number of hydrogen-bond donors (Lipinski definition) is 1. The number of benzene rings is 2. The van der Waals surface area contributed by atoms with Crippen LogP contribution in [0.25, 0.3) is 0 Å². The molecule has 0 atom stereocenters. The minimum atomic E-state index is -0.0783. The predicted octanol–water partition coefficient (Wildman–Crippen LogP) is 3.58. The number of para-hydroxylation sites is 1. The molecule has 0 bridgehead atoms. The fourth-order valence-electron chi connectivity index (χ4n) is 1.59. The minimum absolute atomic E-state index is 0.0367. The van der Waals surface area contributed by atoms with Crippen LogP contribution in [-0.4, -0.2) is 10.9 Å². The highest BCUT2D eigenvalue weighted by Crippen LogP contribution is 2.19. The molecule has 0 aliphatic rings. The molecule has 2 aromatic rings. The van der Waals surface area contributed by atoms with Gasteiger partial charge in [0.2, 0.25) is 0 Å². The zero-order valence-electron chi connectivity index (χ0n) is 9.06. The van der Waals surface area contributed by atoms with Crippen molar-refractivity contribution in [1.82, 2.24) is 0 Å². The molecule has 0 spiro atoms. The number of carbonyl (C=O) groups excluding carboxylic acids is 1. The summed E-state index contributed by atoms with van der Waals surface area (Å²) < 4.78 is 0.983. The quantitative estimate of drug-likeness (QED) is 0.878. The first-order valence-electron chi connectivity index (χ1n) is 5.22. The number of phenolic OH excluding ortho intramolecular Hbond substituents is 1. The summed E-state index contributed by atoms with van der Waals surface area (Å²) in [6.45, 7) is 0. The van der Waals surface area contributed by atoms with Gasteiger partial charge in [-0.05, 0) is 29.8 Å². The van der Waals surface area contributed by atoms with Crippen molar-refractivity contribution in [2.75, 3.05) is 0 Å². The number of halogens is 1. The Morgan fingerprint density at radius 3 is 2.35 bits per heavy atom. The van der Waals surface area contributed by atoms with Gasteiger partial charge < -0.3 is 5.11 Å². The molecule has 0 saturated heterocycles. The predicted molar refractivity (Wildman–Crippen MR) is 70.3 cm³/mol. The lowest BCUT2D eigenvalue weighted by atomic mass is 10.0. The Labute approximate surface area is 108 Å². The highest BCUT2D eigenvalue weighted by Gasteiger charge is 2.10. The van der Waals surface area contributed by atoms with Gasteiger partial charge >= 0.3 is 0 Å². The van der Waals surface area contributed by atoms with Crippen LogP contribution in [-0.2, 0) is 6.42 Å². The number of carbonyl (C=O) groups is 1. The first-order chi connectivity index (χ1) is 8.16. The smallest absolute Gasteiger partial charge is 0.170 e. The van der Waals surface area contributed by atoms with E-state index in [9.17, 15) is 9.90 Å². The summed E-state index contributed by atoms with van der Waals surface area (Å²) in [5.41, 5.74) is 1.30. The lowest BCUT2D eigenvalue weighted by Crippen LogP contribution is -2.03. The fraction of sp³-hybridized carbons (Fsp3) is 0.0714. The SMILES string of the molecule is O=C(Cc1ccc(Br)cc1)c1ccccc1O. The van der Waals surface area contributed by atoms with Crippen molar-refractivity contribution in [2.24, 2.45) is 0 Å². The van der Waals surface area contributed by atoms with Gasteiger partial charge in [-0.2, -0.15) is 0 Å². The summed E-state index contributed by atoms with van der Waals surface area (Å²) in [4.78, 5) is 11.9. The van der Waals surface area contributed by atoms with Crippen molar-refractivity contribution < 1.29 is 9.90 Å². The van der Waals surface area contributed by atoms with Gasteiger partial charge in [-0.15, -0.1) is 0 Å². The molecule has 2 aromatic carbocycles. The normalized spacial score (nSPS) is 10.2. The van der Waals surface area contributed by atoms with E-state index in [0.29, 0.717) is 12.0 Å². The maximum absolute atomic E-state index is 11.9. The summed E-state index contributed by atoms with van der Waals surface area (Å²) in [6, 6.07) is 14.2. The number of Topliss-reactive ketones (excluding diaryl/α,β-unsaturated/α-hetero) is 1. The second-order valence-electron chi connectivity index (χ2n) is 3.74. The van der Waals surface area contributed by atoms with Crippen LogP contribution in [0.15, 0.2) is 53.0 Å². The highest BCUT2D eigenvalue weighted by atomic mass is 79.9. The number of aromatic hydroxyl groups is 1. The number of hydrogen-bond acceptors (Lipinski definition) is 2. The van der Waals surface area contributed by atoms with E-state index < -0.39 is 0 Å². The Kier molecular flexibility index (Phi) is 3.59. The maximum atomic E-state index is 11.9. The molecule has 2 nitrogen and oxygen atoms in total. The van der Waals surface area contributed by atoms with Crippen molar-refractivity contribution in [3.63, 3.8) is 0 Å². The molecule has 86 valence electrons. The van der Waals surface area contributed by atoms with E-state index >= 15 is 0 Å². The molecule has 0 radical (unpaired) electrons. The summed E-state index contributed by atoms with van der Waals surface area (Å²) in [6.07, 6.45) is 0.296. The van der Waals surface area contributed by atoms with Gasteiger partial charge in [0, 0.05) is 10.9 Å². The Bertz CT molecular complexity index is 532. The van der Waals surface area contributed by atoms with E-state index in [0.717, 1.165) is 10.0 Å². The minimum Gasteiger partial charge on any atom is -0.507 e. The number of ketones is 1. The molecule has 2 rings (SSSR count). The summed E-state index contributed by atoms with van der Waals surface area (Å²) in [5.74, 6) is -0.0416. The lowest BCUT2D eigenvalue weighted by Gasteiger charge is -2.03. The van der Waals surface area contributed by atoms with Crippen LogP contribution >= 0.6 is 15.9 Å². The molecular weight excluding hydrogens is 280 g/mol. The second-order valence-corrected chi connectivity index (χ2v) is 4.66. The van der Waals surface area contributed by atoms with Gasteiger partial charge in [0.25, 0.3) is 0 Å². The zero-order chi connectivity index (χ0) is 12.3. The molecule has 0 unspecified atom stereocenters. The van der Waals surface area contributed by atoms with Crippen molar-refractivity contribution in [1.29, 1.82) is 0 Å². The third-order valence-electron chi connectivity index (χ3n) is 2.48. The van der Waals surface area contributed by atoms with Crippen LogP contribution in [0, 0.1) is 0 Å². The molecule has 0 amide bonds. The van der Waals surface area contributed by atoms with E-state index in [1.165, 1.54) is 6.07 Å². The van der Waals surface area contributed by atoms with Crippen LogP contribution in [0.5, 0.6) is 5.75 Å². The van der Waals surface area contributed by atoms with Crippen LogP contribution in [0.1, 0.15) is 15.9 Å². The Balaban J connectivity index is 2.17. The molecule has 0 aliphatic carbocycles. The fourth-order valence-corrected chi connectivity index (χ4v) is 1.86. The van der Waals surface area contributed by atoms with Crippen LogP contribution in [0.3, 0.4) is 0 Å². The van der Waals surface area contributed by atoms with E-state index in [4.69, 9.17) is 0 Å². The van der Waals surface area contributed by atoms with E-state index in [1.54, 1.807) is 18.2 Å². The standard InChI is InChI=1S/C14H11BrO2/c15-11-7-5-10(6-8-11)9-14(17)12-3-1-2-4-13(12)16/h1-8,16H,9H2. The van der Waals surface area contributed by atoms with Gasteiger partial charge in [0.1, 0.15) is 5.75 Å². The van der Waals surface area contributed by atoms with E-state index in [1.807, 2.05) is 24.3 Å². The number of rotatable bonds is 3. The molecule has 17 heavy (non-hydrogen) atoms. The first-order valence-corrected chi connectivity index (χ1v) is 6.02. The van der Waals surface area contributed by atoms with Gasteiger partial charge in [-0.3, -0.25) is 4.79 Å². The molecule has 0 heterocycles. The average Bonchev–Trinajstić information content (AvgIpc) is 2.32. The molecular formula is C14H11BrO2. The summed E-state index contributed by atoms with van der Waals surface area (Å²) in [7, 11) is 0. The highest BCUT2D eigenvalue weighted by molar-refractivity contribution is 9.10. The Morgan fingerprint density at radius 2 is 1.71 bits per heavy atom. The third-order valence-corrected chi connectivity index (χ3v) is 3.01. The second kappa shape index (κ2) is 5.15. The van der Waals surface area contributed by atoms with Crippen molar-refractivity contribution >= 4 is 21.7 Å². The zero-order valence-corrected chi connectivity index (χ0v) is 10.6. The van der Waals surface area contributed by atoms with Crippen molar-refractivity contribution in [2.45, 2.75) is 6.42 Å². The summed E-state index contributed by atoms with van der Waals surface area (Å²) >= 11 is 3.34. The number of phenols is 1. The molecule has 0 saturated carbocycles. The van der Waals surface area contributed by atoms with Gasteiger partial charge in [0.15, 0.2) is 5.78 Å². The monoisotopic (exact) mass is 290 g/mol. The molecule has 1 N–H and O–H groups in total. The van der Waals surface area contributed by atoms with Crippen molar-refractivity contribution in [3.05, 3.63) is 64.1 Å². The third kappa shape index (κ3) is 2.94. The largest absolute Gasteiger partial charge is 0.507 e. The van der Waals surface area contributed by atoms with Crippen LogP contribution in [0.4, 0.5) is 0 Å². The Morgan fingerprint density at radius 1 is 1.06 bits per heavy atom. The molecule has 0 fully saturated rings. The molecule has 3 heteroatoms. The topological polar surface area (TPSA) is 37.3 Å². The lowest BCUT2D eigenvalue weighted by molar-refractivity contribution is 0.0990. The van der Waals surface area contributed by atoms with Gasteiger partial charge in [0.05, 0.1) is 5.56 Å². The van der Waals surface area contributed by atoms with E-state index in [-0.39, 0.29) is 11.5 Å². The van der Waals surface area contributed by atoms with Crippen molar-refractivity contribution in [3.8, 4) is 5.75 Å². The van der Waals surface area contributed by atoms with Crippen LogP contribution < -0.4 is 0 Å².